The highest BCUT2D eigenvalue weighted by atomic mass is 32.2. The predicted molar refractivity (Wildman–Crippen MR) is 134 cm³/mol. The van der Waals surface area contributed by atoms with Gasteiger partial charge in [0.15, 0.2) is 11.5 Å². The van der Waals surface area contributed by atoms with Crippen LogP contribution >= 0.6 is 11.8 Å². The Kier molecular flexibility index (Phi) is 6.09. The second kappa shape index (κ2) is 9.46. The van der Waals surface area contributed by atoms with Crippen LogP contribution in [0, 0.1) is 6.92 Å². The van der Waals surface area contributed by atoms with E-state index in [1.807, 2.05) is 24.3 Å². The third kappa shape index (κ3) is 4.76. The minimum absolute atomic E-state index is 0.119. The molecule has 0 radical (unpaired) electrons. The van der Waals surface area contributed by atoms with E-state index in [0.717, 1.165) is 33.8 Å². The van der Waals surface area contributed by atoms with Crippen molar-refractivity contribution in [2.45, 2.75) is 11.8 Å². The molecule has 2 heterocycles. The highest BCUT2D eigenvalue weighted by Crippen LogP contribution is 2.37. The number of fused-ring (bicyclic) bond motifs is 2. The molecule has 4 aromatic rings. The number of aryl methyl sites for hydroxylation is 1. The SMILES string of the molecule is Cc1ccc(-c2[nH]c3ccccc3c2SCCNC(=O)C=Cc2ccc3c(c2)OCO3)cc1. The van der Waals surface area contributed by atoms with Gasteiger partial charge in [0.05, 0.1) is 5.69 Å². The van der Waals surface area contributed by atoms with Gasteiger partial charge in [-0.15, -0.1) is 11.8 Å². The topological polar surface area (TPSA) is 63.4 Å². The Morgan fingerprint density at radius 2 is 1.88 bits per heavy atom. The number of carbonyl (C=O) groups excluding carboxylic acids is 1. The average Bonchev–Trinajstić information content (AvgIpc) is 3.45. The molecule has 1 aliphatic heterocycles. The summed E-state index contributed by atoms with van der Waals surface area (Å²) in [5.74, 6) is 2.09. The largest absolute Gasteiger partial charge is 0.454 e. The third-order valence-electron chi connectivity index (χ3n) is 5.47. The first-order valence-electron chi connectivity index (χ1n) is 10.8. The maximum atomic E-state index is 12.3. The molecule has 0 fully saturated rings. The van der Waals surface area contributed by atoms with Gasteiger partial charge in [0.1, 0.15) is 0 Å². The molecule has 3 aromatic carbocycles. The number of hydrogen-bond donors (Lipinski definition) is 2. The van der Waals surface area contributed by atoms with Gasteiger partial charge in [-0.25, -0.2) is 0 Å². The van der Waals surface area contributed by atoms with Gasteiger partial charge >= 0.3 is 0 Å². The highest BCUT2D eigenvalue weighted by molar-refractivity contribution is 7.99. The second-order valence-electron chi connectivity index (χ2n) is 7.83. The molecule has 0 spiro atoms. The van der Waals surface area contributed by atoms with Crippen molar-refractivity contribution >= 4 is 34.6 Å². The van der Waals surface area contributed by atoms with Gasteiger partial charge in [0, 0.05) is 34.2 Å². The first-order valence-corrected chi connectivity index (χ1v) is 11.8. The van der Waals surface area contributed by atoms with Crippen molar-refractivity contribution in [2.75, 3.05) is 19.1 Å². The lowest BCUT2D eigenvalue weighted by atomic mass is 10.1. The van der Waals surface area contributed by atoms with Crippen LogP contribution in [0.25, 0.3) is 28.2 Å². The van der Waals surface area contributed by atoms with E-state index in [1.165, 1.54) is 15.8 Å². The molecule has 2 N–H and O–H groups in total. The monoisotopic (exact) mass is 456 g/mol. The zero-order chi connectivity index (χ0) is 22.6. The molecule has 0 atom stereocenters. The summed E-state index contributed by atoms with van der Waals surface area (Å²) < 4.78 is 10.7. The Bertz CT molecular complexity index is 1330. The number of amides is 1. The van der Waals surface area contributed by atoms with E-state index in [9.17, 15) is 4.79 Å². The Morgan fingerprint density at radius 3 is 2.76 bits per heavy atom. The number of H-pyrrole nitrogens is 1. The molecule has 6 heteroatoms. The Morgan fingerprint density at radius 1 is 1.06 bits per heavy atom. The van der Waals surface area contributed by atoms with Crippen LogP contribution in [0.2, 0.25) is 0 Å². The third-order valence-corrected chi connectivity index (χ3v) is 6.59. The zero-order valence-electron chi connectivity index (χ0n) is 18.3. The molecule has 1 aromatic heterocycles. The van der Waals surface area contributed by atoms with Crippen molar-refractivity contribution in [3.05, 3.63) is 83.9 Å². The number of aromatic amines is 1. The predicted octanol–water partition coefficient (Wildman–Crippen LogP) is 5.79. The van der Waals surface area contributed by atoms with Gasteiger partial charge in [-0.2, -0.15) is 0 Å². The summed E-state index contributed by atoms with van der Waals surface area (Å²) in [4.78, 5) is 17.1. The number of hydrogen-bond acceptors (Lipinski definition) is 4. The van der Waals surface area contributed by atoms with Gasteiger partial charge in [-0.1, -0.05) is 54.1 Å². The van der Waals surface area contributed by atoms with Crippen molar-refractivity contribution in [1.82, 2.24) is 10.3 Å². The number of para-hydroxylation sites is 1. The molecule has 0 bridgehead atoms. The summed E-state index contributed by atoms with van der Waals surface area (Å²) in [5.41, 5.74) is 5.53. The number of aromatic nitrogens is 1. The lowest BCUT2D eigenvalue weighted by Gasteiger charge is -2.06. The normalized spacial score (nSPS) is 12.5. The Labute approximate surface area is 196 Å². The maximum absolute atomic E-state index is 12.3. The van der Waals surface area contributed by atoms with E-state index >= 15 is 0 Å². The fourth-order valence-electron chi connectivity index (χ4n) is 3.76. The molecule has 1 aliphatic rings. The smallest absolute Gasteiger partial charge is 0.244 e. The van der Waals surface area contributed by atoms with Crippen LogP contribution in [-0.2, 0) is 4.79 Å². The zero-order valence-corrected chi connectivity index (χ0v) is 19.1. The molecule has 166 valence electrons. The fourth-order valence-corrected chi connectivity index (χ4v) is 4.82. The fraction of sp³-hybridized carbons (Fsp3) is 0.148. The van der Waals surface area contributed by atoms with E-state index in [4.69, 9.17) is 9.47 Å². The highest BCUT2D eigenvalue weighted by Gasteiger charge is 2.14. The molecule has 0 unspecified atom stereocenters. The van der Waals surface area contributed by atoms with Crippen molar-refractivity contribution in [3.63, 3.8) is 0 Å². The molecule has 5 rings (SSSR count). The summed E-state index contributed by atoms with van der Waals surface area (Å²) >= 11 is 1.75. The van der Waals surface area contributed by atoms with Gasteiger partial charge in [-0.05, 0) is 42.3 Å². The Balaban J connectivity index is 1.22. The first kappa shape index (κ1) is 21.2. The number of ether oxygens (including phenoxy) is 2. The lowest BCUT2D eigenvalue weighted by Crippen LogP contribution is -2.23. The first-order chi connectivity index (χ1) is 16.2. The van der Waals surface area contributed by atoms with Gasteiger partial charge < -0.3 is 19.8 Å². The standard InChI is InChI=1S/C27H24N2O3S/c1-18-6-10-20(11-7-18)26-27(21-4-2-3-5-22(21)29-26)33-15-14-28-25(30)13-9-19-8-12-23-24(16-19)32-17-31-23/h2-13,16,29H,14-15,17H2,1H3,(H,28,30). The van der Waals surface area contributed by atoms with Crippen LogP contribution in [0.5, 0.6) is 11.5 Å². The summed E-state index contributed by atoms with van der Waals surface area (Å²) in [6.45, 7) is 2.90. The molecular formula is C27H24N2O3S. The minimum atomic E-state index is -0.119. The molecular weight excluding hydrogens is 432 g/mol. The van der Waals surface area contributed by atoms with E-state index < -0.39 is 0 Å². The summed E-state index contributed by atoms with van der Waals surface area (Å²) in [7, 11) is 0. The molecule has 5 nitrogen and oxygen atoms in total. The van der Waals surface area contributed by atoms with E-state index in [0.29, 0.717) is 12.3 Å². The van der Waals surface area contributed by atoms with Crippen LogP contribution in [0.3, 0.4) is 0 Å². The van der Waals surface area contributed by atoms with E-state index in [2.05, 4.69) is 59.7 Å². The Hall–Kier alpha value is -3.64. The number of rotatable bonds is 7. The van der Waals surface area contributed by atoms with Gasteiger partial charge in [0.25, 0.3) is 0 Å². The van der Waals surface area contributed by atoms with Crippen LogP contribution in [0.15, 0.2) is 77.7 Å². The molecule has 0 saturated carbocycles. The van der Waals surface area contributed by atoms with E-state index in [-0.39, 0.29) is 12.7 Å². The molecule has 1 amide bonds. The van der Waals surface area contributed by atoms with Crippen molar-refractivity contribution in [1.29, 1.82) is 0 Å². The minimum Gasteiger partial charge on any atom is -0.454 e. The van der Waals surface area contributed by atoms with Gasteiger partial charge in [0.2, 0.25) is 12.7 Å². The number of carbonyl (C=O) groups is 1. The molecule has 0 aliphatic carbocycles. The van der Waals surface area contributed by atoms with Crippen molar-refractivity contribution in [2.24, 2.45) is 0 Å². The number of benzene rings is 3. The van der Waals surface area contributed by atoms with Crippen LogP contribution in [0.4, 0.5) is 0 Å². The lowest BCUT2D eigenvalue weighted by molar-refractivity contribution is -0.116. The van der Waals surface area contributed by atoms with E-state index in [1.54, 1.807) is 23.9 Å². The van der Waals surface area contributed by atoms with Crippen LogP contribution in [-0.4, -0.2) is 30.0 Å². The van der Waals surface area contributed by atoms with Crippen molar-refractivity contribution < 1.29 is 14.3 Å². The number of thioether (sulfide) groups is 1. The number of nitrogens with one attached hydrogen (secondary N) is 2. The van der Waals surface area contributed by atoms with Crippen LogP contribution < -0.4 is 14.8 Å². The average molecular weight is 457 g/mol. The van der Waals surface area contributed by atoms with Gasteiger partial charge in [-0.3, -0.25) is 4.79 Å². The second-order valence-corrected chi connectivity index (χ2v) is 8.93. The van der Waals surface area contributed by atoms with Crippen LogP contribution in [0.1, 0.15) is 11.1 Å². The summed E-state index contributed by atoms with van der Waals surface area (Å²) in [6, 6.07) is 22.5. The molecule has 33 heavy (non-hydrogen) atoms. The summed E-state index contributed by atoms with van der Waals surface area (Å²) in [5, 5.41) is 4.17. The summed E-state index contributed by atoms with van der Waals surface area (Å²) in [6.07, 6.45) is 3.32. The molecule has 0 saturated heterocycles. The maximum Gasteiger partial charge on any atom is 0.244 e. The van der Waals surface area contributed by atoms with Crippen molar-refractivity contribution in [3.8, 4) is 22.8 Å². The quantitative estimate of drug-likeness (QED) is 0.210.